The third-order valence-electron chi connectivity index (χ3n) is 4.78. The Labute approximate surface area is 164 Å². The molecular weight excluding hydrogens is 358 g/mol. The summed E-state index contributed by atoms with van der Waals surface area (Å²) in [5, 5.41) is 9.08. The molecule has 3 rings (SSSR count). The smallest absolute Gasteiger partial charge is 0.308 e. The van der Waals surface area contributed by atoms with Crippen LogP contribution >= 0.6 is 0 Å². The summed E-state index contributed by atoms with van der Waals surface area (Å²) in [6, 6.07) is 13.6. The minimum Gasteiger partial charge on any atom is -0.490 e. The molecule has 1 aliphatic rings. The second-order valence-corrected chi connectivity index (χ2v) is 7.13. The van der Waals surface area contributed by atoms with Gasteiger partial charge in [0.05, 0.1) is 5.92 Å². The minimum absolute atomic E-state index is 0.0707. The lowest BCUT2D eigenvalue weighted by molar-refractivity contribution is -0.141. The third kappa shape index (κ3) is 5.03. The molecule has 0 bridgehead atoms. The van der Waals surface area contributed by atoms with Crippen molar-refractivity contribution in [2.24, 2.45) is 5.92 Å². The summed E-state index contributed by atoms with van der Waals surface area (Å²) in [6.45, 7) is 5.53. The topological polar surface area (TPSA) is 76.1 Å². The molecule has 2 aromatic carbocycles. The number of carboxylic acids is 1. The Morgan fingerprint density at radius 1 is 1.14 bits per heavy atom. The molecule has 2 aromatic rings. The molecule has 0 saturated carbocycles. The first-order valence-corrected chi connectivity index (χ1v) is 9.35. The maximum Gasteiger partial charge on any atom is 0.308 e. The van der Waals surface area contributed by atoms with E-state index in [1.165, 1.54) is 5.56 Å². The summed E-state index contributed by atoms with van der Waals surface area (Å²) >= 11 is 0. The van der Waals surface area contributed by atoms with E-state index in [-0.39, 0.29) is 18.9 Å². The Kier molecular flexibility index (Phi) is 6.19. The van der Waals surface area contributed by atoms with Crippen LogP contribution in [0, 0.1) is 19.8 Å². The molecule has 1 fully saturated rings. The van der Waals surface area contributed by atoms with Crippen LogP contribution in [-0.2, 0) is 16.1 Å². The molecule has 1 aliphatic heterocycles. The number of aliphatic carboxylic acids is 1. The number of ether oxygens (including phenoxy) is 2. The van der Waals surface area contributed by atoms with E-state index in [0.29, 0.717) is 25.5 Å². The third-order valence-corrected chi connectivity index (χ3v) is 4.78. The zero-order valence-corrected chi connectivity index (χ0v) is 16.2. The number of carboxylic acid groups (broad SMARTS) is 1. The van der Waals surface area contributed by atoms with Crippen molar-refractivity contribution < 1.29 is 24.2 Å². The molecule has 1 saturated heterocycles. The molecule has 1 amide bonds. The molecule has 6 nitrogen and oxygen atoms in total. The van der Waals surface area contributed by atoms with Crippen LogP contribution in [0.5, 0.6) is 11.5 Å². The van der Waals surface area contributed by atoms with Gasteiger partial charge in [0.2, 0.25) is 5.91 Å². The van der Waals surface area contributed by atoms with Gasteiger partial charge in [0.25, 0.3) is 0 Å². The van der Waals surface area contributed by atoms with Crippen LogP contribution in [0.2, 0.25) is 0 Å². The highest BCUT2D eigenvalue weighted by atomic mass is 16.5. The van der Waals surface area contributed by atoms with E-state index in [4.69, 9.17) is 14.6 Å². The summed E-state index contributed by atoms with van der Waals surface area (Å²) < 4.78 is 11.5. The largest absolute Gasteiger partial charge is 0.490 e. The van der Waals surface area contributed by atoms with E-state index >= 15 is 0 Å². The second-order valence-electron chi connectivity index (χ2n) is 7.13. The number of aryl methyl sites for hydroxylation is 2. The lowest BCUT2D eigenvalue weighted by Gasteiger charge is -2.17. The Bertz CT molecular complexity index is 864. The van der Waals surface area contributed by atoms with Crippen molar-refractivity contribution in [1.29, 1.82) is 0 Å². The zero-order chi connectivity index (χ0) is 20.1. The number of carbonyl (C=O) groups is 2. The molecule has 0 radical (unpaired) electrons. The predicted octanol–water partition coefficient (Wildman–Crippen LogP) is 3.19. The Hall–Kier alpha value is -3.02. The first-order valence-electron chi connectivity index (χ1n) is 9.35. The SMILES string of the molecule is Cc1ccc(OCCOc2cccc(CN3CC(C(=O)O)CC3=O)c2)c(C)c1. The van der Waals surface area contributed by atoms with Gasteiger partial charge in [-0.25, -0.2) is 0 Å². The van der Waals surface area contributed by atoms with Crippen molar-refractivity contribution >= 4 is 11.9 Å². The standard InChI is InChI=1S/C22H25NO5/c1-15-6-7-20(16(2)10-15)28-9-8-27-19-5-3-4-17(11-19)13-23-14-18(22(25)26)12-21(23)24/h3-7,10-11,18H,8-9,12-14H2,1-2H3,(H,25,26). The van der Waals surface area contributed by atoms with E-state index < -0.39 is 11.9 Å². The van der Waals surface area contributed by atoms with Crippen molar-refractivity contribution in [1.82, 2.24) is 4.90 Å². The molecule has 1 N–H and O–H groups in total. The van der Waals surface area contributed by atoms with Crippen molar-refractivity contribution in [2.45, 2.75) is 26.8 Å². The monoisotopic (exact) mass is 383 g/mol. The summed E-state index contributed by atoms with van der Waals surface area (Å²) in [6.07, 6.45) is 0.0707. The molecule has 0 aromatic heterocycles. The average Bonchev–Trinajstić information content (AvgIpc) is 3.01. The average molecular weight is 383 g/mol. The summed E-state index contributed by atoms with van der Waals surface area (Å²) in [7, 11) is 0. The highest BCUT2D eigenvalue weighted by Crippen LogP contribution is 2.22. The quantitative estimate of drug-likeness (QED) is 0.709. The van der Waals surface area contributed by atoms with Crippen molar-refractivity contribution in [3.63, 3.8) is 0 Å². The van der Waals surface area contributed by atoms with Crippen LogP contribution in [0.25, 0.3) is 0 Å². The van der Waals surface area contributed by atoms with Gasteiger partial charge >= 0.3 is 5.97 Å². The molecule has 1 atom stereocenters. The predicted molar refractivity (Wildman–Crippen MR) is 105 cm³/mol. The minimum atomic E-state index is -0.920. The van der Waals surface area contributed by atoms with E-state index in [0.717, 1.165) is 16.9 Å². The van der Waals surface area contributed by atoms with Gasteiger partial charge in [0.15, 0.2) is 0 Å². The van der Waals surface area contributed by atoms with Crippen molar-refractivity contribution in [2.75, 3.05) is 19.8 Å². The Morgan fingerprint density at radius 3 is 2.64 bits per heavy atom. The van der Waals surface area contributed by atoms with Crippen LogP contribution in [0.3, 0.4) is 0 Å². The maximum absolute atomic E-state index is 12.0. The Balaban J connectivity index is 1.49. The van der Waals surface area contributed by atoms with Gasteiger partial charge in [-0.1, -0.05) is 29.8 Å². The molecule has 0 spiro atoms. The van der Waals surface area contributed by atoms with Gasteiger partial charge in [-0.3, -0.25) is 9.59 Å². The van der Waals surface area contributed by atoms with Gasteiger partial charge in [-0.05, 0) is 43.2 Å². The molecule has 28 heavy (non-hydrogen) atoms. The van der Waals surface area contributed by atoms with Crippen molar-refractivity contribution in [3.8, 4) is 11.5 Å². The number of carbonyl (C=O) groups excluding carboxylic acids is 1. The number of amides is 1. The summed E-state index contributed by atoms with van der Waals surface area (Å²) in [5.74, 6) is -0.113. The maximum atomic E-state index is 12.0. The fourth-order valence-corrected chi connectivity index (χ4v) is 3.32. The summed E-state index contributed by atoms with van der Waals surface area (Å²) in [5.41, 5.74) is 3.20. The zero-order valence-electron chi connectivity index (χ0n) is 16.2. The highest BCUT2D eigenvalue weighted by molar-refractivity contribution is 5.86. The van der Waals surface area contributed by atoms with Gasteiger partial charge in [0, 0.05) is 19.5 Å². The van der Waals surface area contributed by atoms with Crippen LogP contribution < -0.4 is 9.47 Å². The second kappa shape index (κ2) is 8.78. The van der Waals surface area contributed by atoms with E-state index in [2.05, 4.69) is 6.07 Å². The molecule has 1 heterocycles. The van der Waals surface area contributed by atoms with Crippen LogP contribution in [-0.4, -0.2) is 41.6 Å². The fourth-order valence-electron chi connectivity index (χ4n) is 3.32. The van der Waals surface area contributed by atoms with Gasteiger partial charge in [-0.2, -0.15) is 0 Å². The number of benzene rings is 2. The van der Waals surface area contributed by atoms with Gasteiger partial charge in [0.1, 0.15) is 24.7 Å². The number of nitrogens with zero attached hydrogens (tertiary/aromatic N) is 1. The molecule has 0 aliphatic carbocycles. The Morgan fingerprint density at radius 2 is 1.93 bits per heavy atom. The fraction of sp³-hybridized carbons (Fsp3) is 0.364. The van der Waals surface area contributed by atoms with E-state index in [9.17, 15) is 9.59 Å². The number of rotatable bonds is 8. The lowest BCUT2D eigenvalue weighted by Crippen LogP contribution is -2.25. The number of hydrogen-bond acceptors (Lipinski definition) is 4. The van der Waals surface area contributed by atoms with E-state index in [1.54, 1.807) is 4.90 Å². The molecular formula is C22H25NO5. The number of likely N-dealkylation sites (tertiary alicyclic amines) is 1. The van der Waals surface area contributed by atoms with E-state index in [1.807, 2.05) is 50.2 Å². The van der Waals surface area contributed by atoms with Crippen LogP contribution in [0.4, 0.5) is 0 Å². The highest BCUT2D eigenvalue weighted by Gasteiger charge is 2.34. The van der Waals surface area contributed by atoms with Crippen LogP contribution in [0.1, 0.15) is 23.1 Å². The molecule has 6 heteroatoms. The molecule has 1 unspecified atom stereocenters. The number of hydrogen-bond donors (Lipinski definition) is 1. The normalized spacial score (nSPS) is 16.3. The van der Waals surface area contributed by atoms with Gasteiger partial charge in [-0.15, -0.1) is 0 Å². The first-order chi connectivity index (χ1) is 13.4. The first kappa shape index (κ1) is 19.7. The van der Waals surface area contributed by atoms with Gasteiger partial charge < -0.3 is 19.5 Å². The van der Waals surface area contributed by atoms with Crippen LogP contribution in [0.15, 0.2) is 42.5 Å². The van der Waals surface area contributed by atoms with Crippen molar-refractivity contribution in [3.05, 3.63) is 59.2 Å². The molecule has 148 valence electrons. The summed E-state index contributed by atoms with van der Waals surface area (Å²) in [4.78, 5) is 24.6. The lowest BCUT2D eigenvalue weighted by atomic mass is 10.1.